The number of pyridine rings is 1. The van der Waals surface area contributed by atoms with Crippen molar-refractivity contribution in [2.45, 2.75) is 0 Å². The Balaban J connectivity index is 1.14. The standard InChI is InChI=1S/C45H29N5/c1-3-11-30(12-4-1)47-27-25-37-39(47)22-20-35-33-15-7-9-17-41(33)49(44(35)37)32-19-24-43(46-29-32)50-42-18-10-8-16-34(42)36-21-23-40-38(45(36)50)26-28-48(40)31-13-5-2-6-14-31/h1-29H. The predicted molar refractivity (Wildman–Crippen MR) is 207 cm³/mol. The van der Waals surface area contributed by atoms with Crippen molar-refractivity contribution in [3.63, 3.8) is 0 Å². The van der Waals surface area contributed by atoms with Crippen LogP contribution in [-0.4, -0.2) is 23.3 Å². The number of rotatable bonds is 4. The topological polar surface area (TPSA) is 32.6 Å². The van der Waals surface area contributed by atoms with Gasteiger partial charge in [0.1, 0.15) is 5.82 Å². The first kappa shape index (κ1) is 27.1. The maximum atomic E-state index is 5.23. The van der Waals surface area contributed by atoms with Crippen LogP contribution in [0.1, 0.15) is 0 Å². The molecule has 0 aliphatic heterocycles. The number of fused-ring (bicyclic) bond motifs is 10. The van der Waals surface area contributed by atoms with Crippen LogP contribution < -0.4 is 0 Å². The molecular formula is C45H29N5. The van der Waals surface area contributed by atoms with Gasteiger partial charge in [-0.1, -0.05) is 84.9 Å². The van der Waals surface area contributed by atoms with Crippen LogP contribution >= 0.6 is 0 Å². The lowest BCUT2D eigenvalue weighted by atomic mass is 10.1. The van der Waals surface area contributed by atoms with Crippen molar-refractivity contribution in [2.24, 2.45) is 0 Å². The lowest BCUT2D eigenvalue weighted by Crippen LogP contribution is -2.01. The maximum Gasteiger partial charge on any atom is 0.137 e. The van der Waals surface area contributed by atoms with Crippen molar-refractivity contribution >= 4 is 65.4 Å². The summed E-state index contributed by atoms with van der Waals surface area (Å²) in [6.07, 6.45) is 6.38. The number of nitrogens with zero attached hydrogens (tertiary/aromatic N) is 5. The van der Waals surface area contributed by atoms with Crippen LogP contribution in [0.2, 0.25) is 0 Å². The molecule has 5 nitrogen and oxygen atoms in total. The molecule has 0 fully saturated rings. The lowest BCUT2D eigenvalue weighted by molar-refractivity contribution is 1.06. The highest BCUT2D eigenvalue weighted by Gasteiger charge is 2.20. The molecule has 0 bridgehead atoms. The molecule has 0 N–H and O–H groups in total. The molecule has 5 heterocycles. The minimum atomic E-state index is 0.890. The second-order valence-corrected chi connectivity index (χ2v) is 12.9. The molecule has 0 saturated carbocycles. The van der Waals surface area contributed by atoms with Crippen LogP contribution in [0, 0.1) is 0 Å². The maximum absolute atomic E-state index is 5.23. The number of hydrogen-bond donors (Lipinski definition) is 0. The molecule has 5 aromatic heterocycles. The van der Waals surface area contributed by atoms with E-state index in [-0.39, 0.29) is 0 Å². The SMILES string of the molecule is c1ccc(-n2ccc3c2ccc2c4ccccc4n(-c4ccc(-n5c6ccccc6c6ccc7c(ccn7-c7ccccc7)c65)nc4)c23)cc1. The Labute approximate surface area is 287 Å². The van der Waals surface area contributed by atoms with Gasteiger partial charge in [-0.3, -0.25) is 4.57 Å². The van der Waals surface area contributed by atoms with Crippen LogP contribution in [-0.2, 0) is 0 Å². The third-order valence-corrected chi connectivity index (χ3v) is 10.3. The fourth-order valence-corrected chi connectivity index (χ4v) is 8.13. The highest BCUT2D eigenvalue weighted by Crippen LogP contribution is 2.39. The molecule has 0 unspecified atom stereocenters. The first-order valence-electron chi connectivity index (χ1n) is 17.0. The van der Waals surface area contributed by atoms with Gasteiger partial charge in [-0.25, -0.2) is 4.98 Å². The molecular weight excluding hydrogens is 611 g/mol. The summed E-state index contributed by atoms with van der Waals surface area (Å²) < 4.78 is 9.24. The summed E-state index contributed by atoms with van der Waals surface area (Å²) >= 11 is 0. The zero-order valence-electron chi connectivity index (χ0n) is 27.0. The smallest absolute Gasteiger partial charge is 0.137 e. The van der Waals surface area contributed by atoms with E-state index < -0.39 is 0 Å². The summed E-state index contributed by atoms with van der Waals surface area (Å²) in [5.74, 6) is 0.890. The van der Waals surface area contributed by atoms with E-state index >= 15 is 0 Å². The van der Waals surface area contributed by atoms with Gasteiger partial charge in [0.05, 0.1) is 45.0 Å². The quantitative estimate of drug-likeness (QED) is 0.189. The van der Waals surface area contributed by atoms with E-state index in [9.17, 15) is 0 Å². The molecule has 6 aromatic carbocycles. The fourth-order valence-electron chi connectivity index (χ4n) is 8.13. The molecule has 234 valence electrons. The summed E-state index contributed by atoms with van der Waals surface area (Å²) in [5, 5.41) is 7.30. The molecule has 11 aromatic rings. The lowest BCUT2D eigenvalue weighted by Gasteiger charge is -2.12. The van der Waals surface area contributed by atoms with Gasteiger partial charge in [-0.05, 0) is 72.8 Å². The molecule has 50 heavy (non-hydrogen) atoms. The molecule has 0 atom stereocenters. The summed E-state index contributed by atoms with van der Waals surface area (Å²) in [6.45, 7) is 0. The molecule has 0 radical (unpaired) electrons. The Kier molecular flexibility index (Phi) is 5.60. The molecule has 0 aliphatic carbocycles. The monoisotopic (exact) mass is 639 g/mol. The zero-order valence-corrected chi connectivity index (χ0v) is 27.0. The number of hydrogen-bond acceptors (Lipinski definition) is 1. The molecule has 5 heteroatoms. The number of aromatic nitrogens is 5. The van der Waals surface area contributed by atoms with Gasteiger partial charge >= 0.3 is 0 Å². The third kappa shape index (κ3) is 3.74. The third-order valence-electron chi connectivity index (χ3n) is 10.3. The van der Waals surface area contributed by atoms with E-state index in [1.165, 1.54) is 54.4 Å². The van der Waals surface area contributed by atoms with Gasteiger partial charge < -0.3 is 13.7 Å². The highest BCUT2D eigenvalue weighted by molar-refractivity contribution is 6.19. The Morgan fingerprint density at radius 3 is 1.36 bits per heavy atom. The van der Waals surface area contributed by atoms with Crippen molar-refractivity contribution in [1.82, 2.24) is 23.3 Å². The second kappa shape index (κ2) is 10.3. The van der Waals surface area contributed by atoms with E-state index in [4.69, 9.17) is 4.98 Å². The van der Waals surface area contributed by atoms with Crippen LogP contribution in [0.5, 0.6) is 0 Å². The fraction of sp³-hybridized carbons (Fsp3) is 0. The summed E-state index contributed by atoms with van der Waals surface area (Å²) in [5.41, 5.74) is 10.3. The predicted octanol–water partition coefficient (Wildman–Crippen LogP) is 11.2. The van der Waals surface area contributed by atoms with Gasteiger partial charge in [0.15, 0.2) is 0 Å². The molecule has 0 spiro atoms. The van der Waals surface area contributed by atoms with Crippen molar-refractivity contribution in [1.29, 1.82) is 0 Å². The van der Waals surface area contributed by atoms with Crippen LogP contribution in [0.25, 0.3) is 88.3 Å². The molecule has 0 amide bonds. The minimum Gasteiger partial charge on any atom is -0.316 e. The summed E-state index contributed by atoms with van der Waals surface area (Å²) in [6, 6.07) is 56.3. The van der Waals surface area contributed by atoms with E-state index in [2.05, 4.69) is 188 Å². The number of para-hydroxylation sites is 4. The van der Waals surface area contributed by atoms with Crippen molar-refractivity contribution in [3.05, 3.63) is 176 Å². The largest absolute Gasteiger partial charge is 0.316 e. The number of benzene rings is 6. The van der Waals surface area contributed by atoms with Crippen LogP contribution in [0.4, 0.5) is 0 Å². The van der Waals surface area contributed by atoms with E-state index in [1.807, 2.05) is 6.20 Å². The van der Waals surface area contributed by atoms with Crippen LogP contribution in [0.15, 0.2) is 176 Å². The Morgan fingerprint density at radius 2 is 0.820 bits per heavy atom. The molecule has 0 aliphatic rings. The van der Waals surface area contributed by atoms with Crippen molar-refractivity contribution < 1.29 is 0 Å². The first-order valence-corrected chi connectivity index (χ1v) is 17.0. The van der Waals surface area contributed by atoms with Crippen LogP contribution in [0.3, 0.4) is 0 Å². The van der Waals surface area contributed by atoms with Crippen molar-refractivity contribution in [2.75, 3.05) is 0 Å². The second-order valence-electron chi connectivity index (χ2n) is 12.9. The normalized spacial score (nSPS) is 12.0. The molecule has 11 rings (SSSR count). The van der Waals surface area contributed by atoms with E-state index in [0.717, 1.165) is 33.9 Å². The van der Waals surface area contributed by atoms with Gasteiger partial charge in [0, 0.05) is 56.1 Å². The Morgan fingerprint density at radius 1 is 0.320 bits per heavy atom. The summed E-state index contributed by atoms with van der Waals surface area (Å²) in [7, 11) is 0. The highest BCUT2D eigenvalue weighted by atomic mass is 15.1. The minimum absolute atomic E-state index is 0.890. The van der Waals surface area contributed by atoms with Gasteiger partial charge in [-0.2, -0.15) is 0 Å². The van der Waals surface area contributed by atoms with Gasteiger partial charge in [0.2, 0.25) is 0 Å². The molecule has 0 saturated heterocycles. The summed E-state index contributed by atoms with van der Waals surface area (Å²) in [4.78, 5) is 5.23. The van der Waals surface area contributed by atoms with E-state index in [0.29, 0.717) is 0 Å². The Bertz CT molecular complexity index is 2860. The first-order chi connectivity index (χ1) is 24.8. The zero-order chi connectivity index (χ0) is 32.8. The van der Waals surface area contributed by atoms with Gasteiger partial charge in [-0.15, -0.1) is 0 Å². The van der Waals surface area contributed by atoms with E-state index in [1.54, 1.807) is 0 Å². The Hall–Kier alpha value is -6.85. The average Bonchev–Trinajstić information content (AvgIpc) is 3.96. The van der Waals surface area contributed by atoms with Gasteiger partial charge in [0.25, 0.3) is 0 Å². The average molecular weight is 640 g/mol. The van der Waals surface area contributed by atoms with Crippen molar-refractivity contribution in [3.8, 4) is 22.9 Å².